The van der Waals surface area contributed by atoms with Crippen LogP contribution in [0.5, 0.6) is 0 Å². The molecule has 0 aliphatic carbocycles. The van der Waals surface area contributed by atoms with Gasteiger partial charge in [-0.1, -0.05) is 12.2 Å². The highest BCUT2D eigenvalue weighted by Gasteiger charge is 2.66. The van der Waals surface area contributed by atoms with Crippen LogP contribution in [-0.2, 0) is 25.6 Å². The first-order valence-corrected chi connectivity index (χ1v) is 8.86. The van der Waals surface area contributed by atoms with Crippen molar-refractivity contribution in [3.05, 3.63) is 29.6 Å². The molecule has 0 saturated carbocycles. The van der Waals surface area contributed by atoms with Gasteiger partial charge in [0.15, 0.2) is 0 Å². The van der Waals surface area contributed by atoms with Gasteiger partial charge in [0, 0.05) is 26.4 Å². The van der Waals surface area contributed by atoms with E-state index >= 15 is 0 Å². The molecule has 1 aromatic rings. The lowest BCUT2D eigenvalue weighted by molar-refractivity contribution is -0.142. The molecule has 2 amide bonds. The molecule has 1 spiro atoms. The molecule has 8 heteroatoms. The van der Waals surface area contributed by atoms with E-state index in [0.29, 0.717) is 26.2 Å². The number of nitrogens with one attached hydrogen (secondary N) is 1. The number of hydrogen-bond donors (Lipinski definition) is 1. The highest BCUT2D eigenvalue weighted by Crippen LogP contribution is 2.52. The number of rotatable bonds is 6. The molecule has 3 aliphatic rings. The Bertz CT molecular complexity index is 760. The maximum Gasteiger partial charge on any atom is 0.230 e. The highest BCUT2D eigenvalue weighted by atomic mass is 16.5. The van der Waals surface area contributed by atoms with Crippen molar-refractivity contribution in [2.45, 2.75) is 25.2 Å². The summed E-state index contributed by atoms with van der Waals surface area (Å²) in [4.78, 5) is 29.5. The van der Waals surface area contributed by atoms with Crippen LogP contribution in [0, 0.1) is 18.8 Å². The normalized spacial score (nSPS) is 31.7. The fourth-order valence-corrected chi connectivity index (χ4v) is 4.38. The van der Waals surface area contributed by atoms with Crippen LogP contribution in [0.25, 0.3) is 0 Å². The SMILES string of the molecule is COCCN1C[C@@]23C=C[C@@H](O2)C(C(=O)N(C)Cc2cc(C)[nH]n2)C3C1=O. The number of H-pyrrole nitrogens is 1. The van der Waals surface area contributed by atoms with Gasteiger partial charge < -0.3 is 19.3 Å². The second-order valence-electron chi connectivity index (χ2n) is 7.39. The van der Waals surface area contributed by atoms with Gasteiger partial charge >= 0.3 is 0 Å². The predicted molar refractivity (Wildman–Crippen MR) is 92.0 cm³/mol. The van der Waals surface area contributed by atoms with Crippen LogP contribution in [0.3, 0.4) is 0 Å². The topological polar surface area (TPSA) is 87.8 Å². The summed E-state index contributed by atoms with van der Waals surface area (Å²) in [5, 5.41) is 7.07. The third-order valence-corrected chi connectivity index (χ3v) is 5.56. The summed E-state index contributed by atoms with van der Waals surface area (Å²) in [6.07, 6.45) is 3.57. The van der Waals surface area contributed by atoms with Crippen molar-refractivity contribution in [3.8, 4) is 0 Å². The molecule has 140 valence electrons. The number of methoxy groups -OCH3 is 1. The molecule has 26 heavy (non-hydrogen) atoms. The Morgan fingerprint density at radius 2 is 2.38 bits per heavy atom. The van der Waals surface area contributed by atoms with E-state index in [4.69, 9.17) is 9.47 Å². The smallest absolute Gasteiger partial charge is 0.230 e. The van der Waals surface area contributed by atoms with Gasteiger partial charge in [0.1, 0.15) is 5.60 Å². The Labute approximate surface area is 152 Å². The summed E-state index contributed by atoms with van der Waals surface area (Å²) in [5.41, 5.74) is 1.08. The molecule has 0 radical (unpaired) electrons. The van der Waals surface area contributed by atoms with Gasteiger partial charge in [-0.15, -0.1) is 0 Å². The zero-order chi connectivity index (χ0) is 18.5. The average molecular weight is 360 g/mol. The molecule has 2 bridgehead atoms. The van der Waals surface area contributed by atoms with Gasteiger partial charge in [-0.2, -0.15) is 5.10 Å². The first kappa shape index (κ1) is 17.2. The number of likely N-dealkylation sites (tertiary alicyclic amines) is 1. The van der Waals surface area contributed by atoms with Gasteiger partial charge in [0.05, 0.1) is 43.3 Å². The molecular weight excluding hydrogens is 336 g/mol. The average Bonchev–Trinajstić information content (AvgIpc) is 3.34. The third kappa shape index (κ3) is 2.55. The number of aromatic amines is 1. The van der Waals surface area contributed by atoms with E-state index in [1.807, 2.05) is 25.1 Å². The van der Waals surface area contributed by atoms with E-state index in [1.54, 1.807) is 24.0 Å². The summed E-state index contributed by atoms with van der Waals surface area (Å²) in [6, 6.07) is 1.91. The molecule has 0 aromatic carbocycles. The van der Waals surface area contributed by atoms with E-state index in [-0.39, 0.29) is 17.9 Å². The van der Waals surface area contributed by atoms with Crippen LogP contribution in [0.1, 0.15) is 11.4 Å². The predicted octanol–water partition coefficient (Wildman–Crippen LogP) is 0.105. The van der Waals surface area contributed by atoms with Crippen molar-refractivity contribution in [1.82, 2.24) is 20.0 Å². The molecule has 1 N–H and O–H groups in total. The lowest BCUT2D eigenvalue weighted by atomic mass is 9.76. The summed E-state index contributed by atoms with van der Waals surface area (Å²) >= 11 is 0. The number of fused-ring (bicyclic) bond motifs is 1. The minimum absolute atomic E-state index is 0.0173. The molecule has 3 aliphatic heterocycles. The zero-order valence-corrected chi connectivity index (χ0v) is 15.3. The molecule has 8 nitrogen and oxygen atoms in total. The van der Waals surface area contributed by atoms with Crippen molar-refractivity contribution in [2.75, 3.05) is 33.9 Å². The van der Waals surface area contributed by atoms with Crippen molar-refractivity contribution >= 4 is 11.8 Å². The summed E-state index contributed by atoms with van der Waals surface area (Å²) in [5.74, 6) is -1.03. The molecule has 2 unspecified atom stereocenters. The number of hydrogen-bond acceptors (Lipinski definition) is 5. The number of carbonyl (C=O) groups is 2. The fraction of sp³-hybridized carbons (Fsp3) is 0.611. The maximum atomic E-state index is 13.1. The van der Waals surface area contributed by atoms with E-state index in [1.165, 1.54) is 0 Å². The monoisotopic (exact) mass is 360 g/mol. The van der Waals surface area contributed by atoms with E-state index < -0.39 is 17.4 Å². The molecule has 1 aromatic heterocycles. The quantitative estimate of drug-likeness (QED) is 0.728. The van der Waals surface area contributed by atoms with E-state index in [9.17, 15) is 9.59 Å². The minimum atomic E-state index is -0.667. The second kappa shape index (κ2) is 6.21. The molecule has 2 saturated heterocycles. The van der Waals surface area contributed by atoms with Crippen LogP contribution < -0.4 is 0 Å². The Hall–Kier alpha value is -2.19. The lowest BCUT2D eigenvalue weighted by Gasteiger charge is -2.27. The number of carbonyl (C=O) groups excluding carboxylic acids is 2. The van der Waals surface area contributed by atoms with Crippen LogP contribution in [0.15, 0.2) is 18.2 Å². The van der Waals surface area contributed by atoms with Crippen LogP contribution in [0.4, 0.5) is 0 Å². The third-order valence-electron chi connectivity index (χ3n) is 5.56. The Balaban J connectivity index is 1.52. The number of nitrogens with zero attached hydrogens (tertiary/aromatic N) is 3. The van der Waals surface area contributed by atoms with Crippen molar-refractivity contribution < 1.29 is 19.1 Å². The molecule has 4 heterocycles. The molecular formula is C18H24N4O4. The molecule has 4 rings (SSSR count). The fourth-order valence-electron chi connectivity index (χ4n) is 4.38. The van der Waals surface area contributed by atoms with Gasteiger partial charge in [0.2, 0.25) is 11.8 Å². The van der Waals surface area contributed by atoms with Gasteiger partial charge in [-0.05, 0) is 13.0 Å². The van der Waals surface area contributed by atoms with E-state index in [0.717, 1.165) is 11.4 Å². The zero-order valence-electron chi connectivity index (χ0n) is 15.3. The largest absolute Gasteiger partial charge is 0.383 e. The maximum absolute atomic E-state index is 13.1. The van der Waals surface area contributed by atoms with Gasteiger partial charge in [-0.3, -0.25) is 14.7 Å². The van der Waals surface area contributed by atoms with Crippen LogP contribution in [0.2, 0.25) is 0 Å². The van der Waals surface area contributed by atoms with E-state index in [2.05, 4.69) is 10.2 Å². The highest BCUT2D eigenvalue weighted by molar-refractivity contribution is 5.93. The summed E-state index contributed by atoms with van der Waals surface area (Å²) in [6.45, 7) is 3.79. The minimum Gasteiger partial charge on any atom is -0.383 e. The van der Waals surface area contributed by atoms with Gasteiger partial charge in [0.25, 0.3) is 0 Å². The number of aromatic nitrogens is 2. The number of aryl methyl sites for hydroxylation is 1. The summed E-state index contributed by atoms with van der Waals surface area (Å²) < 4.78 is 11.2. The van der Waals surface area contributed by atoms with Crippen LogP contribution >= 0.6 is 0 Å². The summed E-state index contributed by atoms with van der Waals surface area (Å²) in [7, 11) is 3.36. The molecule has 2 fully saturated rings. The Morgan fingerprint density at radius 1 is 1.58 bits per heavy atom. The van der Waals surface area contributed by atoms with Crippen molar-refractivity contribution in [1.29, 1.82) is 0 Å². The Morgan fingerprint density at radius 3 is 3.08 bits per heavy atom. The first-order valence-electron chi connectivity index (χ1n) is 8.86. The second-order valence-corrected chi connectivity index (χ2v) is 7.39. The van der Waals surface area contributed by atoms with Crippen molar-refractivity contribution in [3.63, 3.8) is 0 Å². The number of ether oxygens (including phenoxy) is 2. The van der Waals surface area contributed by atoms with Crippen molar-refractivity contribution in [2.24, 2.45) is 11.8 Å². The number of amides is 2. The molecule has 4 atom stereocenters. The van der Waals surface area contributed by atoms with Crippen LogP contribution in [-0.4, -0.2) is 77.4 Å². The first-order chi connectivity index (χ1) is 12.4. The Kier molecular flexibility index (Phi) is 4.11. The standard InChI is InChI=1S/C18H24N4O4/c1-11-8-12(20-19-11)9-21(2)16(23)14-13-4-5-18(26-13)10-22(6-7-25-3)17(24)15(14)18/h4-5,8,13-15H,6-7,9-10H2,1-3H3,(H,19,20)/t13-,14?,15?,18-/m1/s1. The van der Waals surface area contributed by atoms with Gasteiger partial charge in [-0.25, -0.2) is 0 Å². The lowest BCUT2D eigenvalue weighted by Crippen LogP contribution is -2.44.